The van der Waals surface area contributed by atoms with E-state index in [1.807, 2.05) is 11.8 Å². The van der Waals surface area contributed by atoms with E-state index in [1.165, 1.54) is 15.4 Å². The molecule has 2 heterocycles. The molecule has 2 aliphatic heterocycles. The predicted molar refractivity (Wildman–Crippen MR) is 111 cm³/mol. The van der Waals surface area contributed by atoms with Crippen LogP contribution >= 0.6 is 36.6 Å². The van der Waals surface area contributed by atoms with E-state index in [1.54, 1.807) is 0 Å². The number of hydrogen-bond acceptors (Lipinski definition) is 4. The van der Waals surface area contributed by atoms with Gasteiger partial charge in [-0.15, -0.1) is 24.8 Å². The average Bonchev–Trinajstić information content (AvgIpc) is 2.78. The highest BCUT2D eigenvalue weighted by Crippen LogP contribution is 2.40. The number of para-hydroxylation sites is 1. The fraction of sp³-hybridized carbons (Fsp3) is 0.316. The van der Waals surface area contributed by atoms with E-state index in [2.05, 4.69) is 65.3 Å². The lowest BCUT2D eigenvalue weighted by atomic mass is 10.1. The van der Waals surface area contributed by atoms with Crippen molar-refractivity contribution in [2.45, 2.75) is 16.7 Å². The molecule has 2 aromatic rings. The molecular formula is C19H23Cl2N3S. The maximum atomic E-state index is 5.06. The number of hydrogen-bond donors (Lipinski definition) is 0. The molecule has 0 amide bonds. The van der Waals surface area contributed by atoms with Gasteiger partial charge in [0.2, 0.25) is 0 Å². The monoisotopic (exact) mass is 395 g/mol. The van der Waals surface area contributed by atoms with Crippen LogP contribution < -0.4 is 0 Å². The van der Waals surface area contributed by atoms with E-state index in [-0.39, 0.29) is 24.8 Å². The lowest BCUT2D eigenvalue weighted by Gasteiger charge is -2.36. The van der Waals surface area contributed by atoms with Crippen molar-refractivity contribution in [2.24, 2.45) is 4.99 Å². The first-order chi connectivity index (χ1) is 11.3. The standard InChI is InChI=1S/C19H21N3S.2ClH/c1-2-21-11-13-22(14-12-21)19-15-7-3-5-9-17(15)23-18-10-6-4-8-16(18)20-19;;/h3-10H,2,11-14H2,1H3;2*1H. The zero-order valence-corrected chi connectivity index (χ0v) is 16.7. The molecule has 0 saturated carbocycles. The Morgan fingerprint density at radius 3 is 2.24 bits per heavy atom. The molecule has 1 fully saturated rings. The molecule has 0 bridgehead atoms. The second-order valence-electron chi connectivity index (χ2n) is 5.92. The lowest BCUT2D eigenvalue weighted by Crippen LogP contribution is -2.48. The molecule has 3 nitrogen and oxygen atoms in total. The maximum Gasteiger partial charge on any atom is 0.137 e. The minimum Gasteiger partial charge on any atom is -0.354 e. The average molecular weight is 396 g/mol. The summed E-state index contributed by atoms with van der Waals surface area (Å²) in [6.07, 6.45) is 0. The van der Waals surface area contributed by atoms with Gasteiger partial charge in [-0.2, -0.15) is 0 Å². The third-order valence-corrected chi connectivity index (χ3v) is 5.70. The predicted octanol–water partition coefficient (Wildman–Crippen LogP) is 4.71. The number of benzene rings is 2. The zero-order valence-electron chi connectivity index (χ0n) is 14.2. The highest BCUT2D eigenvalue weighted by Gasteiger charge is 2.24. The SMILES string of the molecule is CCN1CCN(C2=Nc3ccccc3Sc3ccccc32)CC1.Cl.Cl. The summed E-state index contributed by atoms with van der Waals surface area (Å²) in [5.74, 6) is 1.13. The minimum absolute atomic E-state index is 0. The van der Waals surface area contributed by atoms with Gasteiger partial charge in [0.15, 0.2) is 0 Å². The van der Waals surface area contributed by atoms with E-state index >= 15 is 0 Å². The topological polar surface area (TPSA) is 18.8 Å². The maximum absolute atomic E-state index is 5.06. The van der Waals surface area contributed by atoms with E-state index in [0.29, 0.717) is 0 Å². The van der Waals surface area contributed by atoms with Crippen LogP contribution in [0.4, 0.5) is 5.69 Å². The number of piperazine rings is 1. The quantitative estimate of drug-likeness (QED) is 0.696. The summed E-state index contributed by atoms with van der Waals surface area (Å²) in [6.45, 7) is 7.71. The number of fused-ring (bicyclic) bond motifs is 2. The van der Waals surface area contributed by atoms with Crippen LogP contribution in [-0.2, 0) is 0 Å². The van der Waals surface area contributed by atoms with Gasteiger partial charge in [0.05, 0.1) is 5.69 Å². The molecule has 0 aromatic heterocycles. The second-order valence-corrected chi connectivity index (χ2v) is 7.01. The smallest absolute Gasteiger partial charge is 0.137 e. The molecule has 0 atom stereocenters. The molecule has 0 spiro atoms. The van der Waals surface area contributed by atoms with Gasteiger partial charge in [-0.3, -0.25) is 0 Å². The van der Waals surface area contributed by atoms with Crippen LogP contribution in [0.3, 0.4) is 0 Å². The van der Waals surface area contributed by atoms with Crippen molar-refractivity contribution < 1.29 is 0 Å². The van der Waals surface area contributed by atoms with Crippen molar-refractivity contribution in [3.05, 3.63) is 54.1 Å². The van der Waals surface area contributed by atoms with Crippen LogP contribution in [0.2, 0.25) is 0 Å². The first-order valence-electron chi connectivity index (χ1n) is 8.27. The third kappa shape index (κ3) is 4.14. The molecule has 0 N–H and O–H groups in total. The molecule has 2 aliphatic rings. The molecule has 0 unspecified atom stereocenters. The van der Waals surface area contributed by atoms with Gasteiger partial charge in [-0.1, -0.05) is 49.0 Å². The summed E-state index contributed by atoms with van der Waals surface area (Å²) in [5, 5.41) is 0. The summed E-state index contributed by atoms with van der Waals surface area (Å²) in [5.41, 5.74) is 2.35. The fourth-order valence-corrected chi connectivity index (χ4v) is 4.20. The molecule has 25 heavy (non-hydrogen) atoms. The molecule has 4 rings (SSSR count). The van der Waals surface area contributed by atoms with Gasteiger partial charge >= 0.3 is 0 Å². The van der Waals surface area contributed by atoms with Crippen LogP contribution in [0, 0.1) is 0 Å². The molecule has 6 heteroatoms. The number of likely N-dealkylation sites (N-methyl/N-ethyl adjacent to an activating group) is 1. The van der Waals surface area contributed by atoms with Crippen LogP contribution in [0.25, 0.3) is 0 Å². The highest BCUT2D eigenvalue weighted by molar-refractivity contribution is 7.99. The van der Waals surface area contributed by atoms with E-state index < -0.39 is 0 Å². The van der Waals surface area contributed by atoms with Gasteiger partial charge in [0.1, 0.15) is 5.84 Å². The summed E-state index contributed by atoms with van der Waals surface area (Å²) in [7, 11) is 0. The van der Waals surface area contributed by atoms with Gasteiger partial charge in [-0.25, -0.2) is 4.99 Å². The summed E-state index contributed by atoms with van der Waals surface area (Å²) in [6, 6.07) is 17.1. The van der Waals surface area contributed by atoms with Crippen molar-refractivity contribution in [1.29, 1.82) is 0 Å². The summed E-state index contributed by atoms with van der Waals surface area (Å²) < 4.78 is 0. The zero-order chi connectivity index (χ0) is 15.6. The molecule has 1 saturated heterocycles. The Hall–Kier alpha value is -1.20. The van der Waals surface area contributed by atoms with Crippen LogP contribution in [0.15, 0.2) is 63.3 Å². The van der Waals surface area contributed by atoms with Crippen LogP contribution in [-0.4, -0.2) is 48.4 Å². The Bertz CT molecular complexity index is 743. The van der Waals surface area contributed by atoms with Gasteiger partial charge < -0.3 is 9.80 Å². The van der Waals surface area contributed by atoms with Crippen LogP contribution in [0.5, 0.6) is 0 Å². The van der Waals surface area contributed by atoms with Gasteiger partial charge in [0.25, 0.3) is 0 Å². The normalized spacial score (nSPS) is 16.5. The number of amidine groups is 1. The minimum atomic E-state index is 0. The Morgan fingerprint density at radius 1 is 0.880 bits per heavy atom. The second kappa shape index (κ2) is 8.95. The Labute approximate surface area is 166 Å². The lowest BCUT2D eigenvalue weighted by molar-refractivity contribution is 0.190. The van der Waals surface area contributed by atoms with Crippen molar-refractivity contribution in [2.75, 3.05) is 32.7 Å². The first kappa shape index (κ1) is 20.1. The molecule has 2 aromatic carbocycles. The van der Waals surface area contributed by atoms with E-state index in [0.717, 1.165) is 44.2 Å². The van der Waals surface area contributed by atoms with Crippen molar-refractivity contribution in [1.82, 2.24) is 9.80 Å². The molecule has 0 radical (unpaired) electrons. The van der Waals surface area contributed by atoms with Gasteiger partial charge in [-0.05, 0) is 24.7 Å². The van der Waals surface area contributed by atoms with Gasteiger partial charge in [0, 0.05) is 41.5 Å². The van der Waals surface area contributed by atoms with Crippen molar-refractivity contribution in [3.63, 3.8) is 0 Å². The van der Waals surface area contributed by atoms with E-state index in [4.69, 9.17) is 4.99 Å². The summed E-state index contributed by atoms with van der Waals surface area (Å²) in [4.78, 5) is 12.6. The third-order valence-electron chi connectivity index (χ3n) is 4.56. The van der Waals surface area contributed by atoms with Crippen molar-refractivity contribution >= 4 is 48.1 Å². The highest BCUT2D eigenvalue weighted by atomic mass is 35.5. The van der Waals surface area contributed by atoms with Crippen molar-refractivity contribution in [3.8, 4) is 0 Å². The molecule has 0 aliphatic carbocycles. The number of aliphatic imine (C=N–C) groups is 1. The largest absolute Gasteiger partial charge is 0.354 e. The fourth-order valence-electron chi connectivity index (χ4n) is 3.19. The molecule has 134 valence electrons. The Balaban J connectivity index is 0.00000113. The van der Waals surface area contributed by atoms with E-state index in [9.17, 15) is 0 Å². The van der Waals surface area contributed by atoms with Crippen LogP contribution in [0.1, 0.15) is 12.5 Å². The number of nitrogens with zero attached hydrogens (tertiary/aromatic N) is 3. The summed E-state index contributed by atoms with van der Waals surface area (Å²) >= 11 is 1.82. The number of halogens is 2. The number of rotatable bonds is 1. The Kier molecular flexibility index (Phi) is 7.20. The Morgan fingerprint density at radius 2 is 1.52 bits per heavy atom. The first-order valence-corrected chi connectivity index (χ1v) is 9.09. The molecular weight excluding hydrogens is 373 g/mol.